The van der Waals surface area contributed by atoms with E-state index in [-0.39, 0.29) is 0 Å². The summed E-state index contributed by atoms with van der Waals surface area (Å²) in [5, 5.41) is 0. The van der Waals surface area contributed by atoms with E-state index in [2.05, 4.69) is 18.7 Å². The second-order valence-electron chi connectivity index (χ2n) is 3.38. The number of hydrogen-bond acceptors (Lipinski definition) is 2. The Morgan fingerprint density at radius 2 is 2.27 bits per heavy atom. The van der Waals surface area contributed by atoms with E-state index in [1.807, 2.05) is 0 Å². The zero-order valence-corrected chi connectivity index (χ0v) is 8.20. The summed E-state index contributed by atoms with van der Waals surface area (Å²) in [4.78, 5) is 0. The van der Waals surface area contributed by atoms with Gasteiger partial charge in [-0.2, -0.15) is 11.8 Å². The van der Waals surface area contributed by atoms with E-state index in [1.54, 1.807) is 0 Å². The molecule has 0 saturated carbocycles. The fourth-order valence-corrected chi connectivity index (χ4v) is 2.73. The largest absolute Gasteiger partial charge is 0.327 e. The van der Waals surface area contributed by atoms with E-state index in [1.165, 1.54) is 30.8 Å². The highest BCUT2D eigenvalue weighted by molar-refractivity contribution is 7.99. The number of hydrogen-bond donors (Lipinski definition) is 1. The molecule has 1 saturated heterocycles. The minimum absolute atomic E-state index is 0.466. The molecule has 0 aromatic rings. The van der Waals surface area contributed by atoms with Crippen LogP contribution in [0.25, 0.3) is 0 Å². The summed E-state index contributed by atoms with van der Waals surface area (Å²) in [5.41, 5.74) is 6.01. The summed E-state index contributed by atoms with van der Waals surface area (Å²) in [6.07, 6.45) is 5.24. The molecule has 0 amide bonds. The lowest BCUT2D eigenvalue weighted by Crippen LogP contribution is -2.29. The van der Waals surface area contributed by atoms with Crippen LogP contribution in [0.1, 0.15) is 32.6 Å². The van der Waals surface area contributed by atoms with Gasteiger partial charge in [-0.25, -0.2) is 0 Å². The molecular formula is C9H19NS. The molecule has 66 valence electrons. The van der Waals surface area contributed by atoms with Crippen molar-refractivity contribution in [3.8, 4) is 0 Å². The van der Waals surface area contributed by atoms with Crippen molar-refractivity contribution in [3.05, 3.63) is 0 Å². The van der Waals surface area contributed by atoms with Crippen molar-refractivity contribution in [3.63, 3.8) is 0 Å². The average molecular weight is 173 g/mol. The van der Waals surface area contributed by atoms with Crippen LogP contribution in [-0.4, -0.2) is 17.5 Å². The molecule has 1 aliphatic rings. The lowest BCUT2D eigenvalue weighted by atomic mass is 9.91. The van der Waals surface area contributed by atoms with Crippen molar-refractivity contribution in [1.29, 1.82) is 0 Å². The summed E-state index contributed by atoms with van der Waals surface area (Å²) < 4.78 is 0. The first-order valence-electron chi connectivity index (χ1n) is 4.68. The molecule has 1 fully saturated rings. The van der Waals surface area contributed by atoms with E-state index < -0.39 is 0 Å². The molecule has 1 rings (SSSR count). The van der Waals surface area contributed by atoms with Crippen molar-refractivity contribution < 1.29 is 0 Å². The Labute approximate surface area is 74.1 Å². The molecule has 11 heavy (non-hydrogen) atoms. The Balaban J connectivity index is 2.30. The molecule has 0 aromatic heterocycles. The van der Waals surface area contributed by atoms with Gasteiger partial charge in [-0.05, 0) is 43.1 Å². The smallest absolute Gasteiger partial charge is 0.00648 e. The van der Waals surface area contributed by atoms with Gasteiger partial charge in [0.1, 0.15) is 0 Å². The average Bonchev–Trinajstić information content (AvgIpc) is 2.30. The van der Waals surface area contributed by atoms with Crippen LogP contribution < -0.4 is 5.73 Å². The highest BCUT2D eigenvalue weighted by Gasteiger charge is 2.17. The van der Waals surface area contributed by atoms with Crippen molar-refractivity contribution in [2.45, 2.75) is 38.6 Å². The van der Waals surface area contributed by atoms with Gasteiger partial charge in [0, 0.05) is 6.04 Å². The summed E-state index contributed by atoms with van der Waals surface area (Å²) in [6.45, 7) is 2.20. The van der Waals surface area contributed by atoms with E-state index in [4.69, 9.17) is 5.73 Å². The molecule has 0 bridgehead atoms. The van der Waals surface area contributed by atoms with Crippen LogP contribution >= 0.6 is 11.8 Å². The third kappa shape index (κ3) is 3.04. The predicted molar refractivity (Wildman–Crippen MR) is 52.9 cm³/mol. The zero-order valence-electron chi connectivity index (χ0n) is 7.38. The maximum absolute atomic E-state index is 6.01. The molecule has 0 spiro atoms. The van der Waals surface area contributed by atoms with Gasteiger partial charge >= 0.3 is 0 Å². The minimum Gasteiger partial charge on any atom is -0.327 e. The lowest BCUT2D eigenvalue weighted by Gasteiger charge is -2.20. The summed E-state index contributed by atoms with van der Waals surface area (Å²) >= 11 is 2.09. The summed E-state index contributed by atoms with van der Waals surface area (Å²) in [7, 11) is 0. The van der Waals surface area contributed by atoms with E-state index in [0.717, 1.165) is 12.3 Å². The molecule has 1 heterocycles. The molecule has 1 nitrogen and oxygen atoms in total. The highest BCUT2D eigenvalue weighted by Crippen LogP contribution is 2.24. The van der Waals surface area contributed by atoms with Crippen LogP contribution in [-0.2, 0) is 0 Å². The molecule has 2 N–H and O–H groups in total. The molecule has 0 aromatic carbocycles. The third-order valence-electron chi connectivity index (χ3n) is 2.57. The van der Waals surface area contributed by atoms with Crippen LogP contribution in [0.2, 0.25) is 0 Å². The first-order chi connectivity index (χ1) is 5.34. The minimum atomic E-state index is 0.466. The van der Waals surface area contributed by atoms with Gasteiger partial charge in [0.2, 0.25) is 0 Å². The fraction of sp³-hybridized carbons (Fsp3) is 1.00. The first kappa shape index (κ1) is 9.40. The van der Waals surface area contributed by atoms with Gasteiger partial charge < -0.3 is 5.73 Å². The Morgan fingerprint density at radius 1 is 1.45 bits per heavy atom. The van der Waals surface area contributed by atoms with Gasteiger partial charge in [0.25, 0.3) is 0 Å². The fourth-order valence-electron chi connectivity index (χ4n) is 1.69. The second kappa shape index (κ2) is 5.04. The van der Waals surface area contributed by atoms with Crippen LogP contribution in [0.15, 0.2) is 0 Å². The van der Waals surface area contributed by atoms with Crippen molar-refractivity contribution in [2.75, 3.05) is 11.5 Å². The van der Waals surface area contributed by atoms with Crippen molar-refractivity contribution >= 4 is 11.8 Å². The number of thioether (sulfide) groups is 1. The Bertz CT molecular complexity index is 97.7. The van der Waals surface area contributed by atoms with Gasteiger partial charge in [0.15, 0.2) is 0 Å². The van der Waals surface area contributed by atoms with Crippen LogP contribution in [0.3, 0.4) is 0 Å². The van der Waals surface area contributed by atoms with E-state index in [0.29, 0.717) is 6.04 Å². The van der Waals surface area contributed by atoms with Crippen LogP contribution in [0.4, 0.5) is 0 Å². The maximum Gasteiger partial charge on any atom is 0.00648 e. The lowest BCUT2D eigenvalue weighted by molar-refractivity contribution is 0.378. The van der Waals surface area contributed by atoms with Gasteiger partial charge in [-0.15, -0.1) is 0 Å². The van der Waals surface area contributed by atoms with Gasteiger partial charge in [0.05, 0.1) is 0 Å². The molecule has 1 unspecified atom stereocenters. The standard InChI is InChI=1S/C9H19NS/c1-2-9(10)8-4-3-6-11-7-5-8/h8-9H,2-7,10H2,1H3/t8?,9-/m1/s1. The quantitative estimate of drug-likeness (QED) is 0.693. The van der Waals surface area contributed by atoms with Crippen LogP contribution in [0.5, 0.6) is 0 Å². The molecule has 2 heteroatoms. The van der Waals surface area contributed by atoms with Gasteiger partial charge in [-0.1, -0.05) is 6.92 Å². The topological polar surface area (TPSA) is 26.0 Å². The van der Waals surface area contributed by atoms with Crippen molar-refractivity contribution in [1.82, 2.24) is 0 Å². The molecule has 2 atom stereocenters. The SMILES string of the molecule is CC[C@@H](N)C1CCCSCC1. The van der Waals surface area contributed by atoms with Gasteiger partial charge in [-0.3, -0.25) is 0 Å². The number of rotatable bonds is 2. The highest BCUT2D eigenvalue weighted by atomic mass is 32.2. The normalized spacial score (nSPS) is 29.5. The second-order valence-corrected chi connectivity index (χ2v) is 4.60. The third-order valence-corrected chi connectivity index (χ3v) is 3.68. The maximum atomic E-state index is 6.01. The zero-order chi connectivity index (χ0) is 8.10. The first-order valence-corrected chi connectivity index (χ1v) is 5.83. The Morgan fingerprint density at radius 3 is 3.00 bits per heavy atom. The van der Waals surface area contributed by atoms with E-state index in [9.17, 15) is 0 Å². The molecule has 0 aliphatic carbocycles. The van der Waals surface area contributed by atoms with Crippen molar-refractivity contribution in [2.24, 2.45) is 11.7 Å². The molecule has 1 aliphatic heterocycles. The predicted octanol–water partition coefficient (Wildman–Crippen LogP) is 2.26. The summed E-state index contributed by atoms with van der Waals surface area (Å²) in [6, 6.07) is 0.466. The number of nitrogens with two attached hydrogens (primary N) is 1. The molecule has 0 radical (unpaired) electrons. The molecular weight excluding hydrogens is 154 g/mol. The monoisotopic (exact) mass is 173 g/mol. The van der Waals surface area contributed by atoms with Crippen LogP contribution in [0, 0.1) is 5.92 Å². The Kier molecular flexibility index (Phi) is 4.31. The van der Waals surface area contributed by atoms with E-state index >= 15 is 0 Å². The summed E-state index contributed by atoms with van der Waals surface area (Å²) in [5.74, 6) is 3.50. The Hall–Kier alpha value is 0.310.